The molecule has 162 valence electrons. The van der Waals surface area contributed by atoms with Crippen LogP contribution in [0.1, 0.15) is 28.8 Å². The minimum atomic E-state index is 0.611. The highest BCUT2D eigenvalue weighted by molar-refractivity contribution is 5.77. The van der Waals surface area contributed by atoms with Gasteiger partial charge >= 0.3 is 0 Å². The van der Waals surface area contributed by atoms with Crippen molar-refractivity contribution in [2.45, 2.75) is 19.3 Å². The van der Waals surface area contributed by atoms with Crippen molar-refractivity contribution in [1.29, 1.82) is 5.26 Å². The van der Waals surface area contributed by atoms with Gasteiger partial charge in [0.2, 0.25) is 0 Å². The largest absolute Gasteiger partial charge is 0.369 e. The van der Waals surface area contributed by atoms with Crippen molar-refractivity contribution < 1.29 is 0 Å². The van der Waals surface area contributed by atoms with E-state index in [0.29, 0.717) is 12.1 Å². The lowest BCUT2D eigenvalue weighted by atomic mass is 9.98. The highest BCUT2D eigenvalue weighted by Gasteiger charge is 2.13. The van der Waals surface area contributed by atoms with E-state index in [9.17, 15) is 5.26 Å². The molecule has 0 aliphatic heterocycles. The first-order valence-corrected chi connectivity index (χ1v) is 11.1. The molecule has 0 fully saturated rings. The molecule has 0 unspecified atom stereocenters. The normalized spacial score (nSPS) is 10.4. The predicted molar refractivity (Wildman–Crippen MR) is 135 cm³/mol. The van der Waals surface area contributed by atoms with Gasteiger partial charge in [0.1, 0.15) is 5.82 Å². The van der Waals surface area contributed by atoms with E-state index in [4.69, 9.17) is 4.98 Å². The molecule has 1 N–H and O–H groups in total. The van der Waals surface area contributed by atoms with Gasteiger partial charge in [0.25, 0.3) is 0 Å². The highest BCUT2D eigenvalue weighted by atomic mass is 15.0. The minimum absolute atomic E-state index is 0.611. The number of aryl methyl sites for hydroxylation is 1. The average molecular weight is 431 g/mol. The molecule has 0 saturated carbocycles. The summed E-state index contributed by atoms with van der Waals surface area (Å²) < 4.78 is 0. The maximum atomic E-state index is 9.52. The standard InChI is InChI=1S/C29H26N4/c1-22(14-15-23-9-3-2-4-10-23)26-16-17-28(27-13-6-5-11-24(27)21-30)33-29(26)32-20-18-25-12-7-8-19-31-25/h2-13,16-17,19H,1,14-15,18,20H2,(H,32,33). The van der Waals surface area contributed by atoms with E-state index < -0.39 is 0 Å². The van der Waals surface area contributed by atoms with Gasteiger partial charge in [0.05, 0.1) is 17.3 Å². The third kappa shape index (κ3) is 5.72. The maximum Gasteiger partial charge on any atom is 0.134 e. The van der Waals surface area contributed by atoms with Gasteiger partial charge in [-0.25, -0.2) is 4.98 Å². The number of hydrogen-bond donors (Lipinski definition) is 1. The van der Waals surface area contributed by atoms with Crippen LogP contribution in [0.2, 0.25) is 0 Å². The van der Waals surface area contributed by atoms with Crippen LogP contribution in [0, 0.1) is 11.3 Å². The van der Waals surface area contributed by atoms with Crippen LogP contribution in [0.4, 0.5) is 5.82 Å². The molecule has 2 aromatic heterocycles. The molecule has 4 nitrogen and oxygen atoms in total. The van der Waals surface area contributed by atoms with Gasteiger partial charge in [-0.2, -0.15) is 5.26 Å². The molecule has 0 spiro atoms. The maximum absolute atomic E-state index is 9.52. The van der Waals surface area contributed by atoms with Gasteiger partial charge in [-0.05, 0) is 54.3 Å². The molecule has 4 rings (SSSR count). The van der Waals surface area contributed by atoms with Gasteiger partial charge in [-0.15, -0.1) is 0 Å². The van der Waals surface area contributed by atoms with Crippen molar-refractivity contribution in [1.82, 2.24) is 9.97 Å². The molecule has 0 aliphatic carbocycles. The average Bonchev–Trinajstić information content (AvgIpc) is 2.88. The number of nitrogens with zero attached hydrogens (tertiary/aromatic N) is 3. The number of aromatic nitrogens is 2. The van der Waals surface area contributed by atoms with E-state index in [2.05, 4.69) is 53.3 Å². The van der Waals surface area contributed by atoms with Gasteiger partial charge in [0, 0.05) is 36.0 Å². The Labute approximate surface area is 195 Å². The van der Waals surface area contributed by atoms with E-state index in [1.807, 2.05) is 60.8 Å². The second kappa shape index (κ2) is 10.9. The molecule has 0 atom stereocenters. The molecule has 0 bridgehead atoms. The van der Waals surface area contributed by atoms with Crippen molar-refractivity contribution in [3.8, 4) is 17.3 Å². The first-order valence-electron chi connectivity index (χ1n) is 11.1. The van der Waals surface area contributed by atoms with Gasteiger partial charge in [-0.3, -0.25) is 4.98 Å². The molecule has 33 heavy (non-hydrogen) atoms. The van der Waals surface area contributed by atoms with Crippen LogP contribution in [0.5, 0.6) is 0 Å². The predicted octanol–water partition coefficient (Wildman–Crippen LogP) is 6.32. The van der Waals surface area contributed by atoms with E-state index in [-0.39, 0.29) is 0 Å². The van der Waals surface area contributed by atoms with Crippen molar-refractivity contribution in [3.05, 3.63) is 120 Å². The number of benzene rings is 2. The van der Waals surface area contributed by atoms with E-state index in [1.54, 1.807) is 0 Å². The fourth-order valence-electron chi connectivity index (χ4n) is 3.76. The lowest BCUT2D eigenvalue weighted by Gasteiger charge is -2.15. The second-order valence-corrected chi connectivity index (χ2v) is 7.84. The molecular weight excluding hydrogens is 404 g/mol. The minimum Gasteiger partial charge on any atom is -0.369 e. The van der Waals surface area contributed by atoms with Crippen LogP contribution in [0.3, 0.4) is 0 Å². The van der Waals surface area contributed by atoms with E-state index in [1.165, 1.54) is 5.56 Å². The third-order valence-electron chi connectivity index (χ3n) is 5.56. The van der Waals surface area contributed by atoms with E-state index >= 15 is 0 Å². The zero-order valence-electron chi connectivity index (χ0n) is 18.5. The summed E-state index contributed by atoms with van der Waals surface area (Å²) in [5.41, 5.74) is 6.56. The number of nitriles is 1. The molecule has 2 heterocycles. The molecule has 4 heteroatoms. The van der Waals surface area contributed by atoms with Gasteiger partial charge in [0.15, 0.2) is 0 Å². The van der Waals surface area contributed by atoms with Crippen molar-refractivity contribution in [2.24, 2.45) is 0 Å². The molecule has 0 aliphatic rings. The summed E-state index contributed by atoms with van der Waals surface area (Å²) in [6.07, 6.45) is 4.36. The van der Waals surface area contributed by atoms with Crippen LogP contribution < -0.4 is 5.32 Å². The topological polar surface area (TPSA) is 61.6 Å². The Bertz CT molecular complexity index is 1260. The lowest BCUT2D eigenvalue weighted by molar-refractivity contribution is 0.951. The monoisotopic (exact) mass is 430 g/mol. The quantitative estimate of drug-likeness (QED) is 0.338. The van der Waals surface area contributed by atoms with Crippen LogP contribution in [0.15, 0.2) is 97.7 Å². The Balaban J connectivity index is 1.58. The number of pyridine rings is 2. The molecule has 4 aromatic rings. The fourth-order valence-corrected chi connectivity index (χ4v) is 3.76. The van der Waals surface area contributed by atoms with Gasteiger partial charge < -0.3 is 5.32 Å². The Morgan fingerprint density at radius 2 is 1.67 bits per heavy atom. The Hall–Kier alpha value is -4.23. The van der Waals surface area contributed by atoms with E-state index in [0.717, 1.165) is 53.2 Å². The highest BCUT2D eigenvalue weighted by Crippen LogP contribution is 2.29. The van der Waals surface area contributed by atoms with Crippen LogP contribution in [-0.2, 0) is 12.8 Å². The van der Waals surface area contributed by atoms with Crippen LogP contribution >= 0.6 is 0 Å². The lowest BCUT2D eigenvalue weighted by Crippen LogP contribution is -2.10. The summed E-state index contributed by atoms with van der Waals surface area (Å²) in [4.78, 5) is 9.32. The number of hydrogen-bond acceptors (Lipinski definition) is 4. The summed E-state index contributed by atoms with van der Waals surface area (Å²) in [6.45, 7) is 5.06. The number of nitrogens with one attached hydrogen (secondary N) is 1. The Kier molecular flexibility index (Phi) is 7.25. The molecule has 0 saturated heterocycles. The van der Waals surface area contributed by atoms with Crippen LogP contribution in [-0.4, -0.2) is 16.5 Å². The SMILES string of the molecule is C=C(CCc1ccccc1)c1ccc(-c2ccccc2C#N)nc1NCCc1ccccn1. The van der Waals surface area contributed by atoms with Crippen molar-refractivity contribution in [3.63, 3.8) is 0 Å². The number of anilines is 1. The third-order valence-corrected chi connectivity index (χ3v) is 5.56. The van der Waals surface area contributed by atoms with Gasteiger partial charge in [-0.1, -0.05) is 61.2 Å². The summed E-state index contributed by atoms with van der Waals surface area (Å²) in [5.74, 6) is 0.786. The summed E-state index contributed by atoms with van der Waals surface area (Å²) in [7, 11) is 0. The smallest absolute Gasteiger partial charge is 0.134 e. The first kappa shape index (κ1) is 22.0. The number of allylic oxidation sites excluding steroid dienone is 1. The molecule has 2 aromatic carbocycles. The zero-order valence-corrected chi connectivity index (χ0v) is 18.5. The first-order chi connectivity index (χ1) is 16.2. The second-order valence-electron chi connectivity index (χ2n) is 7.84. The Morgan fingerprint density at radius 3 is 2.45 bits per heavy atom. The molecule has 0 amide bonds. The van der Waals surface area contributed by atoms with Crippen molar-refractivity contribution in [2.75, 3.05) is 11.9 Å². The number of rotatable bonds is 9. The molecular formula is C29H26N4. The van der Waals surface area contributed by atoms with Crippen molar-refractivity contribution >= 4 is 11.4 Å². The Morgan fingerprint density at radius 1 is 0.879 bits per heavy atom. The molecule has 0 radical (unpaired) electrons. The summed E-state index contributed by atoms with van der Waals surface area (Å²) in [5, 5.41) is 13.0. The zero-order chi connectivity index (χ0) is 22.9. The van der Waals surface area contributed by atoms with Crippen LogP contribution in [0.25, 0.3) is 16.8 Å². The fraction of sp³-hybridized carbons (Fsp3) is 0.138. The summed E-state index contributed by atoms with van der Waals surface area (Å²) in [6, 6.07) is 30.2. The summed E-state index contributed by atoms with van der Waals surface area (Å²) >= 11 is 0.